The Bertz CT molecular complexity index is 1490. The van der Waals surface area contributed by atoms with Crippen molar-refractivity contribution in [2.45, 2.75) is 38.5 Å². The number of aromatic nitrogens is 2. The number of hydrogen-bond acceptors (Lipinski definition) is 6. The summed E-state index contributed by atoms with van der Waals surface area (Å²) in [6.07, 6.45) is 0.571. The van der Waals surface area contributed by atoms with Crippen LogP contribution in [0.4, 0.5) is 30.4 Å². The number of aliphatic imine (C=N–C) groups is 1. The number of carbonyl (C=O) groups is 1. The predicted octanol–water partition coefficient (Wildman–Crippen LogP) is 5.32. The van der Waals surface area contributed by atoms with E-state index < -0.39 is 17.6 Å². The molecule has 1 saturated carbocycles. The summed E-state index contributed by atoms with van der Waals surface area (Å²) >= 11 is 0. The maximum Gasteiger partial charge on any atom is 0.416 e. The normalized spacial score (nSPS) is 14.0. The fourth-order valence-corrected chi connectivity index (χ4v) is 4.02. The van der Waals surface area contributed by atoms with Gasteiger partial charge in [0, 0.05) is 47.4 Å². The number of carbonyl (C=O) groups excluding carboxylic acids is 1. The van der Waals surface area contributed by atoms with Crippen LogP contribution in [0.1, 0.15) is 40.0 Å². The fraction of sp³-hybridized carbons (Fsp3) is 0.276. The van der Waals surface area contributed by atoms with Crippen LogP contribution in [0.2, 0.25) is 0 Å². The Morgan fingerprint density at radius 3 is 2.63 bits per heavy atom. The van der Waals surface area contributed by atoms with E-state index in [1.54, 1.807) is 29.0 Å². The van der Waals surface area contributed by atoms with Crippen molar-refractivity contribution < 1.29 is 18.0 Å². The zero-order valence-electron chi connectivity index (χ0n) is 23.1. The summed E-state index contributed by atoms with van der Waals surface area (Å²) in [4.78, 5) is 19.1. The maximum absolute atomic E-state index is 13.1. The van der Waals surface area contributed by atoms with Crippen molar-refractivity contribution in [2.24, 2.45) is 10.7 Å². The summed E-state index contributed by atoms with van der Waals surface area (Å²) in [6, 6.07) is 11.7. The number of nitrogens with two attached hydrogens (primary N) is 1. The van der Waals surface area contributed by atoms with E-state index in [0.717, 1.165) is 36.2 Å². The molecule has 0 atom stereocenters. The molecule has 4 rings (SSSR count). The molecule has 41 heavy (non-hydrogen) atoms. The Labute approximate surface area is 236 Å². The van der Waals surface area contributed by atoms with Crippen LogP contribution in [0.5, 0.6) is 0 Å². The quantitative estimate of drug-likeness (QED) is 0.142. The van der Waals surface area contributed by atoms with Crippen LogP contribution in [0, 0.1) is 6.92 Å². The van der Waals surface area contributed by atoms with Gasteiger partial charge in [0.1, 0.15) is 5.82 Å². The zero-order chi connectivity index (χ0) is 29.7. The predicted molar refractivity (Wildman–Crippen MR) is 156 cm³/mol. The van der Waals surface area contributed by atoms with Gasteiger partial charge in [-0.25, -0.2) is 4.99 Å². The first kappa shape index (κ1) is 29.4. The number of anilines is 3. The standard InChI is InChI=1S/C29H33F3N8O/c1-18-8-9-23(36-28(41)20-6-5-7-21(13-20)29(30,31)32)14-25(18)37-27-15-24(16-39(3)4)38-40(27)26(34-17-33)12-19(2)35-22-10-11-22/h5-9,12-15,17,22,35,37H,2,10-11,16H2,1,3-4H3,(H2,33,34)(H,36,41)/b26-12+. The van der Waals surface area contributed by atoms with Crippen LogP contribution in [-0.4, -0.2) is 47.1 Å². The highest BCUT2D eigenvalue weighted by molar-refractivity contribution is 6.04. The first-order chi connectivity index (χ1) is 19.4. The molecule has 1 aromatic heterocycles. The number of allylic oxidation sites excluding steroid dienone is 1. The molecule has 5 N–H and O–H groups in total. The second kappa shape index (κ2) is 12.3. The molecule has 0 unspecified atom stereocenters. The molecule has 1 fully saturated rings. The molecule has 1 amide bonds. The molecule has 1 heterocycles. The number of nitrogens with zero attached hydrogens (tertiary/aromatic N) is 4. The van der Waals surface area contributed by atoms with Crippen molar-refractivity contribution in [3.05, 3.63) is 89.3 Å². The molecule has 0 bridgehead atoms. The lowest BCUT2D eigenvalue weighted by molar-refractivity contribution is -0.137. The SMILES string of the molecule is C=C(/C=C(\N=C/N)n1nc(CN(C)C)cc1Nc1cc(NC(=O)c2cccc(C(F)(F)F)c2)ccc1C)NC1CC1. The molecule has 1 aliphatic carbocycles. The minimum Gasteiger partial charge on any atom is -0.390 e. The van der Waals surface area contributed by atoms with Gasteiger partial charge < -0.3 is 26.6 Å². The summed E-state index contributed by atoms with van der Waals surface area (Å²) in [5.74, 6) is 0.362. The molecular formula is C29H33F3N8O. The van der Waals surface area contributed by atoms with Gasteiger partial charge in [-0.05, 0) is 69.8 Å². The number of rotatable bonds is 11. The third-order valence-electron chi connectivity index (χ3n) is 6.14. The average molecular weight is 567 g/mol. The Morgan fingerprint density at radius 2 is 1.98 bits per heavy atom. The lowest BCUT2D eigenvalue weighted by Gasteiger charge is -2.15. The summed E-state index contributed by atoms with van der Waals surface area (Å²) in [5, 5.41) is 14.1. The molecule has 2 aromatic carbocycles. The Kier molecular flexibility index (Phi) is 8.82. The van der Waals surface area contributed by atoms with E-state index in [2.05, 4.69) is 27.5 Å². The molecular weight excluding hydrogens is 533 g/mol. The van der Waals surface area contributed by atoms with Gasteiger partial charge in [-0.2, -0.15) is 23.0 Å². The van der Waals surface area contributed by atoms with Crippen LogP contribution in [0.25, 0.3) is 5.82 Å². The van der Waals surface area contributed by atoms with Crippen molar-refractivity contribution >= 4 is 35.3 Å². The minimum absolute atomic E-state index is 0.101. The van der Waals surface area contributed by atoms with Crippen molar-refractivity contribution in [1.82, 2.24) is 20.0 Å². The van der Waals surface area contributed by atoms with Gasteiger partial charge in [0.05, 0.1) is 17.6 Å². The topological polar surface area (TPSA) is 113 Å². The van der Waals surface area contributed by atoms with Crippen LogP contribution >= 0.6 is 0 Å². The third kappa shape index (κ3) is 7.98. The number of halogens is 3. The zero-order valence-corrected chi connectivity index (χ0v) is 23.1. The van der Waals surface area contributed by atoms with Gasteiger partial charge in [0.2, 0.25) is 0 Å². The van der Waals surface area contributed by atoms with Gasteiger partial charge >= 0.3 is 6.18 Å². The Morgan fingerprint density at radius 1 is 1.22 bits per heavy atom. The van der Waals surface area contributed by atoms with E-state index in [1.165, 1.54) is 18.5 Å². The second-order valence-electron chi connectivity index (χ2n) is 10.1. The summed E-state index contributed by atoms with van der Waals surface area (Å²) in [5.41, 5.74) is 8.02. The van der Waals surface area contributed by atoms with Crippen LogP contribution < -0.4 is 21.7 Å². The molecule has 0 aliphatic heterocycles. The molecule has 12 heteroatoms. The summed E-state index contributed by atoms with van der Waals surface area (Å²) in [7, 11) is 3.87. The largest absolute Gasteiger partial charge is 0.416 e. The van der Waals surface area contributed by atoms with Crippen molar-refractivity contribution in [3.8, 4) is 0 Å². The minimum atomic E-state index is -4.55. The molecule has 0 radical (unpaired) electrons. The van der Waals surface area contributed by atoms with E-state index in [1.807, 2.05) is 32.0 Å². The molecule has 3 aromatic rings. The first-order valence-electron chi connectivity index (χ1n) is 12.9. The maximum atomic E-state index is 13.1. The molecule has 0 saturated heterocycles. The molecule has 216 valence electrons. The van der Waals surface area contributed by atoms with E-state index in [-0.39, 0.29) is 5.56 Å². The van der Waals surface area contributed by atoms with E-state index in [4.69, 9.17) is 10.8 Å². The van der Waals surface area contributed by atoms with E-state index >= 15 is 0 Å². The van der Waals surface area contributed by atoms with Crippen molar-refractivity contribution in [1.29, 1.82) is 0 Å². The van der Waals surface area contributed by atoms with E-state index in [9.17, 15) is 18.0 Å². The number of nitrogens with one attached hydrogen (secondary N) is 3. The fourth-order valence-electron chi connectivity index (χ4n) is 4.02. The Balaban J connectivity index is 1.63. The highest BCUT2D eigenvalue weighted by Crippen LogP contribution is 2.31. The van der Waals surface area contributed by atoms with Crippen LogP contribution in [0.3, 0.4) is 0 Å². The number of aryl methyl sites for hydroxylation is 1. The van der Waals surface area contributed by atoms with Gasteiger partial charge in [0.25, 0.3) is 5.91 Å². The average Bonchev–Trinajstić information content (AvgIpc) is 3.63. The van der Waals surface area contributed by atoms with E-state index in [0.29, 0.717) is 41.3 Å². The van der Waals surface area contributed by atoms with Crippen molar-refractivity contribution in [2.75, 3.05) is 24.7 Å². The number of amides is 1. The summed E-state index contributed by atoms with van der Waals surface area (Å²) in [6.45, 7) is 6.53. The Hall–Kier alpha value is -4.58. The van der Waals surface area contributed by atoms with Gasteiger partial charge in [0.15, 0.2) is 5.82 Å². The smallest absolute Gasteiger partial charge is 0.390 e. The molecule has 0 spiro atoms. The number of hydrogen-bond donors (Lipinski definition) is 4. The third-order valence-corrected chi connectivity index (χ3v) is 6.14. The molecule has 1 aliphatic rings. The van der Waals surface area contributed by atoms with Crippen molar-refractivity contribution in [3.63, 3.8) is 0 Å². The van der Waals surface area contributed by atoms with Gasteiger partial charge in [-0.1, -0.05) is 18.7 Å². The first-order valence-corrected chi connectivity index (χ1v) is 12.9. The highest BCUT2D eigenvalue weighted by atomic mass is 19.4. The monoisotopic (exact) mass is 566 g/mol. The van der Waals surface area contributed by atoms with Gasteiger partial charge in [-0.15, -0.1) is 0 Å². The lowest BCUT2D eigenvalue weighted by Crippen LogP contribution is -2.15. The number of alkyl halides is 3. The van der Waals surface area contributed by atoms with Crippen LogP contribution in [-0.2, 0) is 12.7 Å². The molecule has 9 nitrogen and oxygen atoms in total. The summed E-state index contributed by atoms with van der Waals surface area (Å²) < 4.78 is 41.0. The lowest BCUT2D eigenvalue weighted by atomic mass is 10.1. The van der Waals surface area contributed by atoms with Gasteiger partial charge in [-0.3, -0.25) is 4.79 Å². The second-order valence-corrected chi connectivity index (χ2v) is 10.1. The number of benzene rings is 2. The highest BCUT2D eigenvalue weighted by Gasteiger charge is 2.31. The van der Waals surface area contributed by atoms with Crippen LogP contribution in [0.15, 0.2) is 71.9 Å².